The van der Waals surface area contributed by atoms with Crippen molar-refractivity contribution in [3.8, 4) is 0 Å². The molecule has 0 saturated heterocycles. The molecule has 4 unspecified atom stereocenters. The quantitative estimate of drug-likeness (QED) is 0.734. The summed E-state index contributed by atoms with van der Waals surface area (Å²) in [4.78, 5) is 0. The molecule has 4 atom stereocenters. The molecule has 0 aromatic heterocycles. The van der Waals surface area contributed by atoms with Crippen LogP contribution in [0.4, 0.5) is 0 Å². The molecule has 0 bridgehead atoms. The van der Waals surface area contributed by atoms with Crippen molar-refractivity contribution in [3.05, 3.63) is 0 Å². The van der Waals surface area contributed by atoms with Crippen LogP contribution in [0.15, 0.2) is 0 Å². The topological polar surface area (TPSA) is 12.0 Å². The van der Waals surface area contributed by atoms with E-state index in [-0.39, 0.29) is 0 Å². The van der Waals surface area contributed by atoms with Crippen LogP contribution in [0.5, 0.6) is 0 Å². The van der Waals surface area contributed by atoms with E-state index in [0.717, 1.165) is 29.7 Å². The van der Waals surface area contributed by atoms with Crippen LogP contribution in [0, 0.1) is 23.7 Å². The lowest BCUT2D eigenvalue weighted by molar-refractivity contribution is 0.147. The summed E-state index contributed by atoms with van der Waals surface area (Å²) in [5, 5.41) is 3.54. The fourth-order valence-electron chi connectivity index (χ4n) is 4.27. The first-order chi connectivity index (χ1) is 7.20. The molecule has 0 amide bonds. The molecule has 0 aliphatic heterocycles. The van der Waals surface area contributed by atoms with Crippen LogP contribution in [0.3, 0.4) is 0 Å². The summed E-state index contributed by atoms with van der Waals surface area (Å²) in [6.07, 6.45) is 8.80. The predicted molar refractivity (Wildman–Crippen MR) is 65.9 cm³/mol. The van der Waals surface area contributed by atoms with E-state index in [1.54, 1.807) is 0 Å². The van der Waals surface area contributed by atoms with Gasteiger partial charge in [0.2, 0.25) is 0 Å². The summed E-state index contributed by atoms with van der Waals surface area (Å²) < 4.78 is 0. The van der Waals surface area contributed by atoms with Crippen LogP contribution in [-0.2, 0) is 0 Å². The highest BCUT2D eigenvalue weighted by Crippen LogP contribution is 2.42. The standard InChI is InChI=1S/C14H27N/c1-10-7-11(2)9-12(8-10)13-5-4-6-14(13)15-3/h10-15H,4-9H2,1-3H3. The van der Waals surface area contributed by atoms with E-state index in [1.807, 2.05) is 0 Å². The molecule has 0 aromatic carbocycles. The Balaban J connectivity index is 1.96. The Morgan fingerprint density at radius 1 is 0.933 bits per heavy atom. The third-order valence-electron chi connectivity index (χ3n) is 4.76. The first kappa shape index (κ1) is 11.4. The Bertz CT molecular complexity index is 192. The molecule has 1 N–H and O–H groups in total. The van der Waals surface area contributed by atoms with Crippen molar-refractivity contribution in [2.24, 2.45) is 23.7 Å². The van der Waals surface area contributed by atoms with E-state index in [1.165, 1.54) is 38.5 Å². The molecular formula is C14H27N. The summed E-state index contributed by atoms with van der Waals surface area (Å²) in [7, 11) is 2.15. The molecule has 2 aliphatic rings. The van der Waals surface area contributed by atoms with E-state index in [9.17, 15) is 0 Å². The maximum Gasteiger partial charge on any atom is 0.00949 e. The second-order valence-electron chi connectivity index (χ2n) is 6.17. The maximum absolute atomic E-state index is 3.54. The molecule has 0 spiro atoms. The average molecular weight is 209 g/mol. The summed E-state index contributed by atoms with van der Waals surface area (Å²) in [6.45, 7) is 4.90. The Kier molecular flexibility index (Phi) is 3.71. The van der Waals surface area contributed by atoms with Crippen molar-refractivity contribution in [2.75, 3.05) is 7.05 Å². The van der Waals surface area contributed by atoms with Gasteiger partial charge in [-0.15, -0.1) is 0 Å². The summed E-state index contributed by atoms with van der Waals surface area (Å²) in [5.74, 6) is 3.94. The molecule has 2 rings (SSSR count). The highest BCUT2D eigenvalue weighted by atomic mass is 14.9. The van der Waals surface area contributed by atoms with Gasteiger partial charge in [-0.25, -0.2) is 0 Å². The van der Waals surface area contributed by atoms with Crippen molar-refractivity contribution >= 4 is 0 Å². The van der Waals surface area contributed by atoms with Crippen molar-refractivity contribution in [3.63, 3.8) is 0 Å². The van der Waals surface area contributed by atoms with Gasteiger partial charge in [-0.2, -0.15) is 0 Å². The number of hydrogen-bond donors (Lipinski definition) is 1. The largest absolute Gasteiger partial charge is 0.317 e. The Hall–Kier alpha value is -0.0400. The van der Waals surface area contributed by atoms with Crippen LogP contribution in [0.25, 0.3) is 0 Å². The molecule has 15 heavy (non-hydrogen) atoms. The van der Waals surface area contributed by atoms with Crippen LogP contribution in [0.2, 0.25) is 0 Å². The Morgan fingerprint density at radius 3 is 2.20 bits per heavy atom. The van der Waals surface area contributed by atoms with Crippen LogP contribution >= 0.6 is 0 Å². The Labute approximate surface area is 95.0 Å². The molecule has 0 radical (unpaired) electrons. The minimum Gasteiger partial charge on any atom is -0.317 e. The lowest BCUT2D eigenvalue weighted by Crippen LogP contribution is -2.36. The van der Waals surface area contributed by atoms with E-state index in [4.69, 9.17) is 0 Å². The van der Waals surface area contributed by atoms with E-state index in [0.29, 0.717) is 0 Å². The van der Waals surface area contributed by atoms with Crippen molar-refractivity contribution in [2.45, 2.75) is 58.4 Å². The first-order valence-corrected chi connectivity index (χ1v) is 6.88. The predicted octanol–water partition coefficient (Wildman–Crippen LogP) is 3.45. The van der Waals surface area contributed by atoms with Gasteiger partial charge < -0.3 is 5.32 Å². The number of nitrogens with one attached hydrogen (secondary N) is 1. The first-order valence-electron chi connectivity index (χ1n) is 6.88. The fourth-order valence-corrected chi connectivity index (χ4v) is 4.27. The lowest BCUT2D eigenvalue weighted by Gasteiger charge is -2.37. The monoisotopic (exact) mass is 209 g/mol. The van der Waals surface area contributed by atoms with Crippen molar-refractivity contribution in [1.29, 1.82) is 0 Å². The minimum absolute atomic E-state index is 0.826. The van der Waals surface area contributed by atoms with Gasteiger partial charge in [0.15, 0.2) is 0 Å². The van der Waals surface area contributed by atoms with Gasteiger partial charge in [-0.1, -0.05) is 20.3 Å². The Morgan fingerprint density at radius 2 is 1.60 bits per heavy atom. The highest BCUT2D eigenvalue weighted by molar-refractivity contribution is 4.89. The van der Waals surface area contributed by atoms with E-state index < -0.39 is 0 Å². The summed E-state index contributed by atoms with van der Waals surface area (Å²) in [6, 6.07) is 0.826. The SMILES string of the molecule is CNC1CCCC1C1CC(C)CC(C)C1. The van der Waals surface area contributed by atoms with Gasteiger partial charge >= 0.3 is 0 Å². The van der Waals surface area contributed by atoms with Gasteiger partial charge in [0, 0.05) is 6.04 Å². The third kappa shape index (κ3) is 2.55. The van der Waals surface area contributed by atoms with Crippen LogP contribution < -0.4 is 5.32 Å². The highest BCUT2D eigenvalue weighted by Gasteiger charge is 2.36. The average Bonchev–Trinajstić information content (AvgIpc) is 2.63. The number of hydrogen-bond acceptors (Lipinski definition) is 1. The molecular weight excluding hydrogens is 182 g/mol. The van der Waals surface area contributed by atoms with Crippen LogP contribution in [-0.4, -0.2) is 13.1 Å². The third-order valence-corrected chi connectivity index (χ3v) is 4.76. The minimum atomic E-state index is 0.826. The smallest absolute Gasteiger partial charge is 0.00949 e. The van der Waals surface area contributed by atoms with Gasteiger partial charge in [0.05, 0.1) is 0 Å². The second-order valence-corrected chi connectivity index (χ2v) is 6.17. The molecule has 0 aromatic rings. The zero-order valence-corrected chi connectivity index (χ0v) is 10.6. The van der Waals surface area contributed by atoms with Gasteiger partial charge in [-0.05, 0) is 62.8 Å². The second kappa shape index (κ2) is 4.86. The van der Waals surface area contributed by atoms with Crippen molar-refractivity contribution in [1.82, 2.24) is 5.32 Å². The van der Waals surface area contributed by atoms with E-state index in [2.05, 4.69) is 26.2 Å². The van der Waals surface area contributed by atoms with Gasteiger partial charge in [0.25, 0.3) is 0 Å². The molecule has 88 valence electrons. The summed E-state index contributed by atoms with van der Waals surface area (Å²) in [5.41, 5.74) is 0. The molecule has 0 heterocycles. The van der Waals surface area contributed by atoms with Gasteiger partial charge in [-0.3, -0.25) is 0 Å². The molecule has 1 nitrogen and oxygen atoms in total. The molecule has 2 saturated carbocycles. The molecule has 1 heteroatoms. The normalized spacial score (nSPS) is 47.0. The number of rotatable bonds is 2. The molecule has 2 aliphatic carbocycles. The molecule has 2 fully saturated rings. The van der Waals surface area contributed by atoms with E-state index >= 15 is 0 Å². The van der Waals surface area contributed by atoms with Crippen LogP contribution in [0.1, 0.15) is 52.4 Å². The maximum atomic E-state index is 3.54. The lowest BCUT2D eigenvalue weighted by atomic mass is 9.70. The zero-order chi connectivity index (χ0) is 10.8. The van der Waals surface area contributed by atoms with Crippen molar-refractivity contribution < 1.29 is 0 Å². The van der Waals surface area contributed by atoms with Gasteiger partial charge in [0.1, 0.15) is 0 Å². The summed E-state index contributed by atoms with van der Waals surface area (Å²) >= 11 is 0. The fraction of sp³-hybridized carbons (Fsp3) is 1.00. The zero-order valence-electron chi connectivity index (χ0n) is 10.6.